The first-order valence-corrected chi connectivity index (χ1v) is 7.52. The number of amides is 1. The average molecular weight is 320 g/mol. The van der Waals surface area contributed by atoms with Gasteiger partial charge in [-0.25, -0.2) is 0 Å². The molecule has 0 aliphatic carbocycles. The van der Waals surface area contributed by atoms with Gasteiger partial charge < -0.3 is 14.8 Å². The number of thiocarbonyl (C=S) groups is 1. The van der Waals surface area contributed by atoms with Crippen molar-refractivity contribution in [1.82, 2.24) is 10.6 Å². The summed E-state index contributed by atoms with van der Waals surface area (Å²) in [6.45, 7) is 0.752. The first-order chi connectivity index (χ1) is 10.2. The largest absolute Gasteiger partial charge is 0.454 e. The lowest BCUT2D eigenvalue weighted by molar-refractivity contribution is 0.0980. The predicted molar refractivity (Wildman–Crippen MR) is 83.8 cm³/mol. The molecule has 108 valence electrons. The van der Waals surface area contributed by atoms with Crippen LogP contribution in [0.5, 0.6) is 11.5 Å². The quantitative estimate of drug-likeness (QED) is 0.850. The van der Waals surface area contributed by atoms with Gasteiger partial charge in [0.05, 0.1) is 4.88 Å². The van der Waals surface area contributed by atoms with Crippen molar-refractivity contribution in [2.75, 3.05) is 6.79 Å². The van der Waals surface area contributed by atoms with Gasteiger partial charge in [-0.05, 0) is 41.4 Å². The molecule has 2 aromatic rings. The molecule has 1 aromatic carbocycles. The molecule has 0 saturated heterocycles. The number of ether oxygens (including phenoxy) is 2. The van der Waals surface area contributed by atoms with Crippen molar-refractivity contribution in [1.29, 1.82) is 0 Å². The zero-order chi connectivity index (χ0) is 14.7. The third-order valence-corrected chi connectivity index (χ3v) is 3.98. The molecule has 21 heavy (non-hydrogen) atoms. The van der Waals surface area contributed by atoms with Gasteiger partial charge in [0, 0.05) is 6.54 Å². The van der Waals surface area contributed by atoms with Crippen molar-refractivity contribution in [2.45, 2.75) is 6.54 Å². The first-order valence-electron chi connectivity index (χ1n) is 6.23. The van der Waals surface area contributed by atoms with Gasteiger partial charge in [0.25, 0.3) is 5.91 Å². The van der Waals surface area contributed by atoms with E-state index in [0.717, 1.165) is 17.1 Å². The fraction of sp³-hybridized carbons (Fsp3) is 0.143. The zero-order valence-electron chi connectivity index (χ0n) is 10.9. The monoisotopic (exact) mass is 320 g/mol. The Kier molecular flexibility index (Phi) is 4.03. The summed E-state index contributed by atoms with van der Waals surface area (Å²) in [6, 6.07) is 9.24. The summed E-state index contributed by atoms with van der Waals surface area (Å²) in [7, 11) is 0. The fourth-order valence-electron chi connectivity index (χ4n) is 1.85. The topological polar surface area (TPSA) is 59.6 Å². The Balaban J connectivity index is 1.53. The second kappa shape index (κ2) is 6.11. The molecule has 7 heteroatoms. The Morgan fingerprint density at radius 1 is 1.29 bits per heavy atom. The molecule has 5 nitrogen and oxygen atoms in total. The molecule has 0 atom stereocenters. The lowest BCUT2D eigenvalue weighted by Crippen LogP contribution is -2.38. The van der Waals surface area contributed by atoms with Gasteiger partial charge in [-0.1, -0.05) is 12.1 Å². The Bertz CT molecular complexity index is 671. The average Bonchev–Trinajstić information content (AvgIpc) is 3.15. The first kappa shape index (κ1) is 13.8. The minimum Gasteiger partial charge on any atom is -0.454 e. The van der Waals surface area contributed by atoms with Gasteiger partial charge in [0.1, 0.15) is 0 Å². The van der Waals surface area contributed by atoms with Crippen LogP contribution in [0.2, 0.25) is 0 Å². The highest BCUT2D eigenvalue weighted by Crippen LogP contribution is 2.32. The normalized spacial score (nSPS) is 12.0. The smallest absolute Gasteiger partial charge is 0.267 e. The van der Waals surface area contributed by atoms with Gasteiger partial charge in [0.2, 0.25) is 6.79 Å². The number of carbonyl (C=O) groups excluding carboxylic acids is 1. The SMILES string of the molecule is O=C(NC(=S)NCc1ccc2c(c1)OCO2)c1cccs1. The van der Waals surface area contributed by atoms with E-state index in [0.29, 0.717) is 16.5 Å². The van der Waals surface area contributed by atoms with Crippen LogP contribution in [0.4, 0.5) is 0 Å². The van der Waals surface area contributed by atoms with Crippen LogP contribution in [0, 0.1) is 0 Å². The maximum atomic E-state index is 11.8. The second-order valence-electron chi connectivity index (χ2n) is 4.30. The van der Waals surface area contributed by atoms with E-state index in [1.54, 1.807) is 6.07 Å². The van der Waals surface area contributed by atoms with E-state index in [2.05, 4.69) is 10.6 Å². The molecule has 2 heterocycles. The molecule has 1 amide bonds. The van der Waals surface area contributed by atoms with E-state index in [1.807, 2.05) is 29.6 Å². The van der Waals surface area contributed by atoms with Crippen LogP contribution in [0.15, 0.2) is 35.7 Å². The summed E-state index contributed by atoms with van der Waals surface area (Å²) in [5, 5.41) is 7.77. The molecular formula is C14H12N2O3S2. The molecule has 3 rings (SSSR count). The van der Waals surface area contributed by atoms with Crippen LogP contribution < -0.4 is 20.1 Å². The highest BCUT2D eigenvalue weighted by atomic mass is 32.1. The summed E-state index contributed by atoms with van der Waals surface area (Å²) in [4.78, 5) is 12.4. The van der Waals surface area contributed by atoms with Crippen molar-refractivity contribution in [3.63, 3.8) is 0 Å². The summed E-state index contributed by atoms with van der Waals surface area (Å²) >= 11 is 6.48. The number of carbonyl (C=O) groups is 1. The Morgan fingerprint density at radius 3 is 2.95 bits per heavy atom. The van der Waals surface area contributed by atoms with Crippen LogP contribution in [-0.4, -0.2) is 17.8 Å². The number of rotatable bonds is 3. The maximum Gasteiger partial charge on any atom is 0.267 e. The maximum absolute atomic E-state index is 11.8. The van der Waals surface area contributed by atoms with Crippen molar-refractivity contribution < 1.29 is 14.3 Å². The van der Waals surface area contributed by atoms with E-state index in [9.17, 15) is 4.79 Å². The number of thiophene rings is 1. The van der Waals surface area contributed by atoms with Crippen molar-refractivity contribution in [2.24, 2.45) is 0 Å². The van der Waals surface area contributed by atoms with Crippen LogP contribution >= 0.6 is 23.6 Å². The van der Waals surface area contributed by atoms with Crippen LogP contribution in [-0.2, 0) is 6.54 Å². The van der Waals surface area contributed by atoms with E-state index in [1.165, 1.54) is 11.3 Å². The Hall–Kier alpha value is -2.12. The molecule has 1 aliphatic heterocycles. The number of hydrogen-bond donors (Lipinski definition) is 2. The summed E-state index contributed by atoms with van der Waals surface area (Å²) in [5.74, 6) is 1.27. The number of hydrogen-bond acceptors (Lipinski definition) is 5. The van der Waals surface area contributed by atoms with Crippen LogP contribution in [0.3, 0.4) is 0 Å². The number of benzene rings is 1. The fourth-order valence-corrected chi connectivity index (χ4v) is 2.63. The standard InChI is InChI=1S/C14H12N2O3S2/c17-13(12-2-1-5-21-12)16-14(20)15-7-9-3-4-10-11(6-9)19-8-18-10/h1-6H,7-8H2,(H2,15,16,17,20). The van der Waals surface area contributed by atoms with E-state index in [4.69, 9.17) is 21.7 Å². The lowest BCUT2D eigenvalue weighted by Gasteiger charge is -2.09. The predicted octanol–water partition coefficient (Wildman–Crippen LogP) is 2.28. The van der Waals surface area contributed by atoms with E-state index < -0.39 is 0 Å². The summed E-state index contributed by atoms with van der Waals surface area (Å²) < 4.78 is 10.6. The molecule has 0 bridgehead atoms. The molecule has 1 aliphatic rings. The van der Waals surface area contributed by atoms with Gasteiger partial charge in [-0.15, -0.1) is 11.3 Å². The molecule has 0 spiro atoms. The van der Waals surface area contributed by atoms with Crippen LogP contribution in [0.25, 0.3) is 0 Å². The summed E-state index contributed by atoms with van der Waals surface area (Å²) in [5.41, 5.74) is 0.993. The minimum atomic E-state index is -0.201. The number of nitrogens with one attached hydrogen (secondary N) is 2. The Morgan fingerprint density at radius 2 is 2.14 bits per heavy atom. The van der Waals surface area contributed by atoms with E-state index in [-0.39, 0.29) is 12.7 Å². The van der Waals surface area contributed by atoms with Crippen molar-refractivity contribution in [3.8, 4) is 11.5 Å². The van der Waals surface area contributed by atoms with Gasteiger partial charge in [-0.2, -0.15) is 0 Å². The summed E-state index contributed by atoms with van der Waals surface area (Å²) in [6.07, 6.45) is 0. The van der Waals surface area contributed by atoms with Crippen molar-refractivity contribution >= 4 is 34.6 Å². The Labute approximate surface area is 130 Å². The molecule has 0 saturated carbocycles. The van der Waals surface area contributed by atoms with Crippen molar-refractivity contribution in [3.05, 3.63) is 46.2 Å². The third-order valence-electron chi connectivity index (χ3n) is 2.86. The highest BCUT2D eigenvalue weighted by molar-refractivity contribution is 7.80. The molecule has 0 fully saturated rings. The molecule has 0 radical (unpaired) electrons. The minimum absolute atomic E-state index is 0.201. The second-order valence-corrected chi connectivity index (χ2v) is 5.66. The third kappa shape index (κ3) is 3.32. The molecular weight excluding hydrogens is 308 g/mol. The van der Waals surface area contributed by atoms with Crippen LogP contribution in [0.1, 0.15) is 15.2 Å². The zero-order valence-corrected chi connectivity index (χ0v) is 12.6. The lowest BCUT2D eigenvalue weighted by atomic mass is 10.2. The van der Waals surface area contributed by atoms with E-state index >= 15 is 0 Å². The highest BCUT2D eigenvalue weighted by Gasteiger charge is 2.13. The molecule has 0 unspecified atom stereocenters. The van der Waals surface area contributed by atoms with Gasteiger partial charge >= 0.3 is 0 Å². The molecule has 1 aromatic heterocycles. The van der Waals surface area contributed by atoms with Gasteiger partial charge in [-0.3, -0.25) is 10.1 Å². The van der Waals surface area contributed by atoms with Gasteiger partial charge in [0.15, 0.2) is 16.6 Å². The molecule has 2 N–H and O–H groups in total. The number of fused-ring (bicyclic) bond motifs is 1.